The second-order valence-corrected chi connectivity index (χ2v) is 16.8. The van der Waals surface area contributed by atoms with Gasteiger partial charge >= 0.3 is 17.6 Å². The van der Waals surface area contributed by atoms with Crippen molar-refractivity contribution in [3.05, 3.63) is 0 Å². The summed E-state index contributed by atoms with van der Waals surface area (Å²) < 4.78 is 35.8. The highest BCUT2D eigenvalue weighted by Crippen LogP contribution is 2.40. The minimum absolute atomic E-state index is 0.395. The molecule has 6 nitrogen and oxygen atoms in total. The molecule has 0 aliphatic carbocycles. The van der Waals surface area contributed by atoms with Gasteiger partial charge in [-0.05, 0) is 67.2 Å². The summed E-state index contributed by atoms with van der Waals surface area (Å²) in [6.45, 7) is 15.6. The Labute approximate surface area is 198 Å². The number of hydrogen-bond donors (Lipinski definition) is 1. The lowest BCUT2D eigenvalue weighted by atomic mass is 10.1. The van der Waals surface area contributed by atoms with Crippen molar-refractivity contribution < 1.29 is 26.6 Å². The maximum atomic E-state index is 5.97. The highest BCUT2D eigenvalue weighted by atomic mass is 32.9. The van der Waals surface area contributed by atoms with Gasteiger partial charge in [0.15, 0.2) is 11.8 Å². The minimum Gasteiger partial charge on any atom is -0.374 e. The molecule has 0 saturated carbocycles. The molecule has 1 atom stereocenters. The van der Waals surface area contributed by atoms with Crippen molar-refractivity contribution in [3.8, 4) is 0 Å². The summed E-state index contributed by atoms with van der Waals surface area (Å²) in [4.78, 5) is 0. The van der Waals surface area contributed by atoms with E-state index in [0.717, 1.165) is 37.8 Å². The van der Waals surface area contributed by atoms with Crippen LogP contribution in [0.3, 0.4) is 0 Å². The molecule has 0 fully saturated rings. The summed E-state index contributed by atoms with van der Waals surface area (Å²) >= 11 is 10.2. The molecule has 0 aromatic carbocycles. The molecule has 0 rings (SSSR count). The van der Waals surface area contributed by atoms with Gasteiger partial charge in [0.25, 0.3) is 0 Å². The molecule has 0 amide bonds. The summed E-state index contributed by atoms with van der Waals surface area (Å²) in [7, 11) is -5.19. The van der Waals surface area contributed by atoms with Crippen molar-refractivity contribution in [3.63, 3.8) is 0 Å². The number of rotatable bonds is 21. The fourth-order valence-corrected chi connectivity index (χ4v) is 10.9. The van der Waals surface area contributed by atoms with Gasteiger partial charge in [-0.2, -0.15) is 0 Å². The summed E-state index contributed by atoms with van der Waals surface area (Å²) in [5.74, 6) is -0.742. The number of hydrogen-bond acceptors (Lipinski definition) is 7. The second-order valence-electron chi connectivity index (χ2n) is 6.70. The molecule has 0 aromatic rings. The van der Waals surface area contributed by atoms with Crippen molar-refractivity contribution in [1.29, 1.82) is 0 Å². The zero-order valence-electron chi connectivity index (χ0n) is 19.8. The molecule has 0 radical (unpaired) electrons. The Morgan fingerprint density at radius 3 is 1.10 bits per heavy atom. The van der Waals surface area contributed by atoms with Crippen LogP contribution in [0.2, 0.25) is 12.1 Å². The van der Waals surface area contributed by atoms with Gasteiger partial charge in [0.2, 0.25) is 5.90 Å². The van der Waals surface area contributed by atoms with Crippen LogP contribution in [0.25, 0.3) is 0 Å². The highest BCUT2D eigenvalue weighted by Gasteiger charge is 2.42. The third-order valence-corrected chi connectivity index (χ3v) is 13.9. The molecule has 0 saturated heterocycles. The summed E-state index contributed by atoms with van der Waals surface area (Å²) in [5, 5.41) is 0. The quantitative estimate of drug-likeness (QED) is 0.117. The first-order chi connectivity index (χ1) is 14.4. The first-order valence-corrected chi connectivity index (χ1v) is 18.8. The molecule has 30 heavy (non-hydrogen) atoms. The Morgan fingerprint density at radius 1 is 0.633 bits per heavy atom. The van der Waals surface area contributed by atoms with Gasteiger partial charge in [-0.25, -0.2) is 0 Å². The van der Waals surface area contributed by atoms with Crippen LogP contribution in [0.15, 0.2) is 0 Å². The molecule has 11 heteroatoms. The Hall–Kier alpha value is 1.06. The Morgan fingerprint density at radius 2 is 0.900 bits per heavy atom. The van der Waals surface area contributed by atoms with E-state index in [9.17, 15) is 0 Å². The maximum Gasteiger partial charge on any atom is 0.500 e. The Bertz CT molecular complexity index is 385. The van der Waals surface area contributed by atoms with Crippen molar-refractivity contribution >= 4 is 47.6 Å². The monoisotopic (exact) mass is 519 g/mol. The highest BCUT2D eigenvalue weighted by molar-refractivity contribution is 8.56. The molecule has 0 heterocycles. The van der Waals surface area contributed by atoms with Crippen LogP contribution >= 0.6 is 18.1 Å². The van der Waals surface area contributed by atoms with Crippen LogP contribution < -0.4 is 0 Å². The van der Waals surface area contributed by atoms with E-state index in [1.165, 1.54) is 0 Å². The second kappa shape index (κ2) is 18.5. The van der Waals surface area contributed by atoms with Gasteiger partial charge in [0, 0.05) is 51.7 Å². The van der Waals surface area contributed by atoms with Crippen LogP contribution in [-0.4, -0.2) is 62.9 Å². The van der Waals surface area contributed by atoms with Gasteiger partial charge in [-0.3, -0.25) is 0 Å². The Kier molecular flexibility index (Phi) is 19.1. The van der Waals surface area contributed by atoms with Gasteiger partial charge in [0.1, 0.15) is 5.66 Å². The van der Waals surface area contributed by atoms with Crippen molar-refractivity contribution in [2.45, 2.75) is 85.0 Å². The molecule has 1 unspecified atom stereocenters. The van der Waals surface area contributed by atoms with Gasteiger partial charge in [0.05, 0.1) is 12.2 Å². The number of thiol groups is 1. The van der Waals surface area contributed by atoms with Crippen LogP contribution in [0.5, 0.6) is 0 Å². The zero-order valence-corrected chi connectivity index (χ0v) is 24.4. The average molecular weight is 520 g/mol. The third-order valence-electron chi connectivity index (χ3n) is 4.54. The largest absolute Gasteiger partial charge is 0.500 e. The lowest BCUT2D eigenvalue weighted by Crippen LogP contribution is -2.46. The third kappa shape index (κ3) is 12.3. The minimum atomic E-state index is -2.60. The van der Waals surface area contributed by atoms with Crippen molar-refractivity contribution in [1.82, 2.24) is 0 Å². The van der Waals surface area contributed by atoms with E-state index in [2.05, 4.69) is 12.2 Å². The van der Waals surface area contributed by atoms with Gasteiger partial charge in [-0.15, -0.1) is 0 Å². The molecule has 0 N–H and O–H groups in total. The SMILES string of the molecule is CCO[Si](CCCC(CCC[Si](OCC)(OCC)OCC)[P+](=S)S)(OCC)OCC. The molecule has 0 bridgehead atoms. The topological polar surface area (TPSA) is 55.4 Å². The summed E-state index contributed by atoms with van der Waals surface area (Å²) in [6.07, 6.45) is 3.95. The van der Waals surface area contributed by atoms with E-state index in [0.29, 0.717) is 45.3 Å². The first-order valence-electron chi connectivity index (χ1n) is 11.4. The van der Waals surface area contributed by atoms with Crippen LogP contribution in [0, 0.1) is 0 Å². The lowest BCUT2D eigenvalue weighted by Gasteiger charge is -2.29. The van der Waals surface area contributed by atoms with Gasteiger partial charge < -0.3 is 26.6 Å². The summed E-state index contributed by atoms with van der Waals surface area (Å²) in [6, 6.07) is 1.64. The fraction of sp³-hybridized carbons (Fsp3) is 1.00. The predicted octanol–water partition coefficient (Wildman–Crippen LogP) is 5.80. The molecule has 180 valence electrons. The molecule has 0 aromatic heterocycles. The van der Waals surface area contributed by atoms with Crippen LogP contribution in [0.1, 0.15) is 67.2 Å². The van der Waals surface area contributed by atoms with E-state index < -0.39 is 23.5 Å². The first kappa shape index (κ1) is 31.1. The Balaban J connectivity index is 4.84. The van der Waals surface area contributed by atoms with Gasteiger partial charge in [-0.1, -0.05) is 0 Å². The molecule has 0 spiro atoms. The molecular formula is C19H44O6PS2Si2+. The van der Waals surface area contributed by atoms with E-state index in [1.54, 1.807) is 0 Å². The zero-order chi connectivity index (χ0) is 22.9. The fourth-order valence-electron chi connectivity index (χ4n) is 3.48. The molecular weight excluding hydrogens is 475 g/mol. The van der Waals surface area contributed by atoms with Crippen molar-refractivity contribution in [2.75, 3.05) is 39.6 Å². The van der Waals surface area contributed by atoms with Crippen LogP contribution in [-0.2, 0) is 38.4 Å². The maximum absolute atomic E-state index is 5.97. The smallest absolute Gasteiger partial charge is 0.374 e. The van der Waals surface area contributed by atoms with E-state index in [1.807, 2.05) is 41.5 Å². The normalized spacial score (nSPS) is 13.3. The lowest BCUT2D eigenvalue weighted by molar-refractivity contribution is 0.0703. The summed E-state index contributed by atoms with van der Waals surface area (Å²) in [5.41, 5.74) is 0.395. The predicted molar refractivity (Wildman–Crippen MR) is 136 cm³/mol. The van der Waals surface area contributed by atoms with E-state index in [-0.39, 0.29) is 0 Å². The molecule has 0 aliphatic heterocycles. The molecule has 0 aliphatic rings. The van der Waals surface area contributed by atoms with Crippen molar-refractivity contribution in [2.24, 2.45) is 0 Å². The van der Waals surface area contributed by atoms with Crippen LogP contribution in [0.4, 0.5) is 0 Å². The standard InChI is InChI=1S/C19H43O6PS2Si2/c1-7-20-29(21-8-2,22-9-3)17-13-15-19(26(27)28)16-14-18-30(23-10-4,24-11-5)25-12-6/h19H,7-18H2,1-6H3/p+1. The average Bonchev–Trinajstić information content (AvgIpc) is 2.68. The van der Waals surface area contributed by atoms with E-state index in [4.69, 9.17) is 38.4 Å². The van der Waals surface area contributed by atoms with E-state index >= 15 is 0 Å².